The van der Waals surface area contributed by atoms with Gasteiger partial charge >= 0.3 is 5.69 Å². The van der Waals surface area contributed by atoms with Crippen LogP contribution in [0.1, 0.15) is 95.5 Å². The lowest BCUT2D eigenvalue weighted by molar-refractivity contribution is -0.118. The lowest BCUT2D eigenvalue weighted by Gasteiger charge is -2.22. The third kappa shape index (κ3) is 8.58. The van der Waals surface area contributed by atoms with Crippen LogP contribution >= 0.6 is 0 Å². The average molecular weight is 714 g/mol. The number of hydrogen-bond acceptors (Lipinski definition) is 8. The van der Waals surface area contributed by atoms with Crippen molar-refractivity contribution >= 4 is 22.8 Å². The molecular formula is C39H51N7O6. The van der Waals surface area contributed by atoms with Gasteiger partial charge in [-0.05, 0) is 31.0 Å². The number of ether oxygens (including phenoxy) is 2. The largest absolute Gasteiger partial charge is 0.495 e. The molecule has 0 bridgehead atoms. The summed E-state index contributed by atoms with van der Waals surface area (Å²) in [5, 5.41) is 14.7. The topological polar surface area (TPSA) is 147 Å². The summed E-state index contributed by atoms with van der Waals surface area (Å²) < 4.78 is 16.6. The molecule has 0 aliphatic carbocycles. The first kappa shape index (κ1) is 37.9. The van der Waals surface area contributed by atoms with Crippen molar-refractivity contribution in [3.8, 4) is 17.5 Å². The van der Waals surface area contributed by atoms with E-state index in [9.17, 15) is 19.5 Å². The Bertz CT molecular complexity index is 2050. The number of aryl methyl sites for hydroxylation is 1. The highest BCUT2D eigenvalue weighted by Crippen LogP contribution is 2.33. The summed E-state index contributed by atoms with van der Waals surface area (Å²) in [6.45, 7) is 4.40. The molecule has 278 valence electrons. The fourth-order valence-electron chi connectivity index (χ4n) is 6.54. The van der Waals surface area contributed by atoms with Gasteiger partial charge in [-0.25, -0.2) is 19.3 Å². The van der Waals surface area contributed by atoms with Gasteiger partial charge in [0.05, 0.1) is 32.3 Å². The highest BCUT2D eigenvalue weighted by Gasteiger charge is 2.36. The zero-order chi connectivity index (χ0) is 37.0. The molecule has 2 N–H and O–H groups in total. The number of nitrogens with zero attached hydrogens (tertiary/aromatic N) is 6. The number of para-hydroxylation sites is 2. The van der Waals surface area contributed by atoms with E-state index in [0.29, 0.717) is 17.9 Å². The molecule has 13 nitrogen and oxygen atoms in total. The molecule has 5 rings (SSSR count). The van der Waals surface area contributed by atoms with Crippen LogP contribution in [-0.4, -0.2) is 53.0 Å². The first-order chi connectivity index (χ1) is 25.3. The monoisotopic (exact) mass is 713 g/mol. The molecule has 3 heterocycles. The van der Waals surface area contributed by atoms with E-state index in [4.69, 9.17) is 14.5 Å². The fourth-order valence-corrected chi connectivity index (χ4v) is 6.54. The molecule has 1 atom stereocenters. The highest BCUT2D eigenvalue weighted by molar-refractivity contribution is 5.97. The third-order valence-corrected chi connectivity index (χ3v) is 9.27. The Kier molecular flexibility index (Phi) is 13.3. The van der Waals surface area contributed by atoms with Crippen molar-refractivity contribution in [2.75, 3.05) is 19.0 Å². The van der Waals surface area contributed by atoms with Crippen LogP contribution in [0.15, 0.2) is 70.5 Å². The second-order valence-corrected chi connectivity index (χ2v) is 13.0. The van der Waals surface area contributed by atoms with Crippen molar-refractivity contribution in [1.82, 2.24) is 28.2 Å². The molecule has 2 aromatic carbocycles. The van der Waals surface area contributed by atoms with Gasteiger partial charge in [0.1, 0.15) is 11.6 Å². The number of rotatable bonds is 20. The van der Waals surface area contributed by atoms with Crippen molar-refractivity contribution in [1.29, 1.82) is 0 Å². The van der Waals surface area contributed by atoms with E-state index in [0.717, 1.165) is 29.4 Å². The summed E-state index contributed by atoms with van der Waals surface area (Å²) in [5.41, 5.74) is 0.366. The van der Waals surface area contributed by atoms with E-state index >= 15 is 0 Å². The summed E-state index contributed by atoms with van der Waals surface area (Å²) in [4.78, 5) is 52.4. The smallest absolute Gasteiger partial charge is 0.335 e. The number of benzene rings is 2. The van der Waals surface area contributed by atoms with Gasteiger partial charge in [-0.1, -0.05) is 107 Å². The number of carbonyl (C=O) groups excluding carboxylic acids is 1. The maximum absolute atomic E-state index is 14.6. The number of unbranched alkanes of at least 4 members (excludes halogenated alkanes) is 9. The van der Waals surface area contributed by atoms with E-state index in [-0.39, 0.29) is 42.6 Å². The SMILES string of the molecule is CCCCCCCCCCCCn1c(C(C(=O)Nc2ccccc2OC)n2c(O)c(OCC)n(Cc3ccccc3)c2=O)nc2c(ncn2C)c1=O. The van der Waals surface area contributed by atoms with Crippen LogP contribution in [0.5, 0.6) is 17.5 Å². The number of hydrogen-bond donors (Lipinski definition) is 2. The Morgan fingerprint density at radius 3 is 2.21 bits per heavy atom. The first-order valence-electron chi connectivity index (χ1n) is 18.4. The van der Waals surface area contributed by atoms with Gasteiger partial charge in [-0.2, -0.15) is 0 Å². The van der Waals surface area contributed by atoms with Gasteiger partial charge in [-0.3, -0.25) is 18.7 Å². The Hall–Kier alpha value is -5.33. The summed E-state index contributed by atoms with van der Waals surface area (Å²) in [7, 11) is 3.19. The first-order valence-corrected chi connectivity index (χ1v) is 18.4. The second kappa shape index (κ2) is 18.2. The van der Waals surface area contributed by atoms with E-state index < -0.39 is 29.1 Å². The van der Waals surface area contributed by atoms with Crippen LogP contribution in [0, 0.1) is 0 Å². The third-order valence-electron chi connectivity index (χ3n) is 9.27. The number of amides is 1. The van der Waals surface area contributed by atoms with Crippen molar-refractivity contribution in [3.05, 3.63) is 93.2 Å². The molecule has 0 saturated heterocycles. The molecule has 1 unspecified atom stereocenters. The van der Waals surface area contributed by atoms with E-state index in [1.54, 1.807) is 42.8 Å². The van der Waals surface area contributed by atoms with Crippen LogP contribution in [0.25, 0.3) is 11.2 Å². The van der Waals surface area contributed by atoms with Crippen LogP contribution < -0.4 is 26.0 Å². The molecule has 52 heavy (non-hydrogen) atoms. The van der Waals surface area contributed by atoms with Gasteiger partial charge < -0.3 is 24.5 Å². The summed E-state index contributed by atoms with van der Waals surface area (Å²) in [6, 6.07) is 14.5. The van der Waals surface area contributed by atoms with E-state index in [1.165, 1.54) is 61.1 Å². The van der Waals surface area contributed by atoms with Gasteiger partial charge in [0.2, 0.25) is 0 Å². The van der Waals surface area contributed by atoms with Crippen molar-refractivity contribution in [2.24, 2.45) is 7.05 Å². The zero-order valence-corrected chi connectivity index (χ0v) is 30.7. The normalized spacial score (nSPS) is 11.9. The minimum Gasteiger partial charge on any atom is -0.495 e. The minimum atomic E-state index is -1.59. The molecule has 5 aromatic rings. The Labute approximate surface area is 303 Å². The van der Waals surface area contributed by atoms with Crippen molar-refractivity contribution < 1.29 is 19.4 Å². The summed E-state index contributed by atoms with van der Waals surface area (Å²) in [6.07, 6.45) is 12.5. The number of methoxy groups -OCH3 is 1. The molecular weight excluding hydrogens is 662 g/mol. The van der Waals surface area contributed by atoms with Crippen molar-refractivity contribution in [3.63, 3.8) is 0 Å². The average Bonchev–Trinajstić information content (AvgIpc) is 3.63. The number of fused-ring (bicyclic) bond motifs is 1. The Morgan fingerprint density at radius 1 is 0.885 bits per heavy atom. The van der Waals surface area contributed by atoms with Gasteiger partial charge in [0, 0.05) is 13.6 Å². The maximum Gasteiger partial charge on any atom is 0.335 e. The van der Waals surface area contributed by atoms with Crippen LogP contribution in [0.4, 0.5) is 5.69 Å². The molecule has 0 aliphatic heterocycles. The second-order valence-electron chi connectivity index (χ2n) is 13.0. The Morgan fingerprint density at radius 2 is 1.54 bits per heavy atom. The number of aromatic nitrogens is 6. The van der Waals surface area contributed by atoms with Crippen LogP contribution in [-0.2, 0) is 24.9 Å². The highest BCUT2D eigenvalue weighted by atomic mass is 16.5. The van der Waals surface area contributed by atoms with Crippen LogP contribution in [0.3, 0.4) is 0 Å². The predicted molar refractivity (Wildman–Crippen MR) is 201 cm³/mol. The number of anilines is 1. The van der Waals surface area contributed by atoms with E-state index in [2.05, 4.69) is 17.2 Å². The van der Waals surface area contributed by atoms with E-state index in [1.807, 2.05) is 30.3 Å². The lowest BCUT2D eigenvalue weighted by Crippen LogP contribution is -2.39. The molecule has 0 spiro atoms. The van der Waals surface area contributed by atoms with Gasteiger partial charge in [-0.15, -0.1) is 0 Å². The quantitative estimate of drug-likeness (QED) is 0.0881. The molecule has 0 saturated carbocycles. The molecule has 0 fully saturated rings. The van der Waals surface area contributed by atoms with Crippen molar-refractivity contribution in [2.45, 2.75) is 97.2 Å². The summed E-state index contributed by atoms with van der Waals surface area (Å²) in [5.74, 6) is -1.00. The molecule has 13 heteroatoms. The maximum atomic E-state index is 14.6. The van der Waals surface area contributed by atoms with Gasteiger partial charge in [0.15, 0.2) is 17.2 Å². The number of carbonyl (C=O) groups is 1. The zero-order valence-electron chi connectivity index (χ0n) is 30.7. The standard InChI is InChI=1S/C39H51N7O6/c1-5-7-8-9-10-11-12-13-14-20-25-44-34(42-33-31(36(44)48)40-27-43(33)3)32(35(47)41-29-23-18-19-24-30(29)51-4)46-37(49)38(52-6-2)45(39(46)50)26-28-21-16-15-17-22-28/h15-19,21-24,27,32,49H,5-14,20,25-26H2,1-4H3,(H,41,47). The molecule has 0 radical (unpaired) electrons. The fraction of sp³-hybridized carbons (Fsp3) is 0.462. The number of imidazole rings is 2. The number of aromatic hydroxyl groups is 1. The predicted octanol–water partition coefficient (Wildman–Crippen LogP) is 6.40. The van der Waals surface area contributed by atoms with Gasteiger partial charge in [0.25, 0.3) is 23.2 Å². The number of nitrogens with one attached hydrogen (secondary N) is 1. The Balaban J connectivity index is 1.59. The van der Waals surface area contributed by atoms with Crippen LogP contribution in [0.2, 0.25) is 0 Å². The molecule has 3 aromatic heterocycles. The molecule has 0 aliphatic rings. The lowest BCUT2D eigenvalue weighted by atomic mass is 10.1. The molecule has 1 amide bonds. The minimum absolute atomic E-state index is 0.0123. The summed E-state index contributed by atoms with van der Waals surface area (Å²) >= 11 is 0.